The quantitative estimate of drug-likeness (QED) is 0.778. The molecule has 1 aliphatic carbocycles. The van der Waals surface area contributed by atoms with Crippen molar-refractivity contribution in [2.24, 2.45) is 5.73 Å². The smallest absolute Gasteiger partial charge is 0.131 e. The van der Waals surface area contributed by atoms with E-state index in [1.54, 1.807) is 6.92 Å². The summed E-state index contributed by atoms with van der Waals surface area (Å²) in [4.78, 5) is 0. The number of hydrogen-bond donors (Lipinski definition) is 1. The van der Waals surface area contributed by atoms with Crippen molar-refractivity contribution in [2.45, 2.75) is 38.6 Å². The molecule has 1 aliphatic rings. The predicted molar refractivity (Wildman–Crippen MR) is 64.6 cm³/mol. The molecule has 3 heteroatoms. The van der Waals surface area contributed by atoms with E-state index < -0.39 is 17.7 Å². The lowest BCUT2D eigenvalue weighted by atomic mass is 9.89. The third-order valence-corrected chi connectivity index (χ3v) is 3.34. The van der Waals surface area contributed by atoms with Crippen molar-refractivity contribution < 1.29 is 8.78 Å². The minimum absolute atomic E-state index is 0.400. The summed E-state index contributed by atoms with van der Waals surface area (Å²) in [5.74, 6) is -1.07. The Bertz CT molecular complexity index is 452. The third kappa shape index (κ3) is 2.55. The fourth-order valence-electron chi connectivity index (χ4n) is 2.26. The van der Waals surface area contributed by atoms with Gasteiger partial charge in [0, 0.05) is 11.6 Å². The molecule has 1 aromatic carbocycles. The Morgan fingerprint density at radius 2 is 1.94 bits per heavy atom. The van der Waals surface area contributed by atoms with Crippen LogP contribution < -0.4 is 5.73 Å². The minimum atomic E-state index is -0.549. The van der Waals surface area contributed by atoms with Crippen LogP contribution in [0.25, 0.3) is 0 Å². The van der Waals surface area contributed by atoms with Crippen molar-refractivity contribution in [1.29, 1.82) is 0 Å². The van der Waals surface area contributed by atoms with Crippen LogP contribution in [-0.4, -0.2) is 0 Å². The molecule has 0 amide bonds. The molecule has 0 saturated carbocycles. The van der Waals surface area contributed by atoms with Crippen LogP contribution in [0.1, 0.15) is 42.9 Å². The molecule has 92 valence electrons. The number of hydrogen-bond acceptors (Lipinski definition) is 1. The fraction of sp³-hybridized carbons (Fsp3) is 0.429. The van der Waals surface area contributed by atoms with Crippen LogP contribution in [-0.2, 0) is 0 Å². The van der Waals surface area contributed by atoms with Crippen LogP contribution in [0.15, 0.2) is 23.8 Å². The van der Waals surface area contributed by atoms with Crippen LogP contribution in [0.2, 0.25) is 0 Å². The van der Waals surface area contributed by atoms with Gasteiger partial charge in [0.15, 0.2) is 0 Å². The Morgan fingerprint density at radius 3 is 2.59 bits per heavy atom. The Kier molecular flexibility index (Phi) is 3.57. The van der Waals surface area contributed by atoms with Gasteiger partial charge in [0.1, 0.15) is 11.6 Å². The monoisotopic (exact) mass is 237 g/mol. The first kappa shape index (κ1) is 12.2. The van der Waals surface area contributed by atoms with Gasteiger partial charge >= 0.3 is 0 Å². The topological polar surface area (TPSA) is 26.0 Å². The second-order valence-corrected chi connectivity index (χ2v) is 4.63. The molecule has 0 spiro atoms. The molecule has 0 saturated heterocycles. The first-order chi connectivity index (χ1) is 8.09. The molecule has 0 bridgehead atoms. The molecule has 17 heavy (non-hydrogen) atoms. The summed E-state index contributed by atoms with van der Waals surface area (Å²) in [6.07, 6.45) is 6.27. The fourth-order valence-corrected chi connectivity index (χ4v) is 2.26. The maximum atomic E-state index is 13.7. The summed E-state index contributed by atoms with van der Waals surface area (Å²) in [6, 6.07) is 2.01. The molecule has 2 rings (SSSR count). The summed E-state index contributed by atoms with van der Waals surface area (Å²) < 4.78 is 26.9. The SMILES string of the molecule is Cc1cc(C(N)C2=CCCCC2)c(F)cc1F. The second kappa shape index (κ2) is 4.96. The normalized spacial score (nSPS) is 17.8. The average Bonchev–Trinajstić information content (AvgIpc) is 2.34. The van der Waals surface area contributed by atoms with Gasteiger partial charge in [0.05, 0.1) is 6.04 Å². The summed E-state index contributed by atoms with van der Waals surface area (Å²) >= 11 is 0. The first-order valence-corrected chi connectivity index (χ1v) is 5.99. The van der Waals surface area contributed by atoms with Gasteiger partial charge in [-0.15, -0.1) is 0 Å². The van der Waals surface area contributed by atoms with Crippen molar-refractivity contribution >= 4 is 0 Å². The van der Waals surface area contributed by atoms with Crippen LogP contribution in [0.4, 0.5) is 8.78 Å². The maximum absolute atomic E-state index is 13.7. The Labute approximate surface area is 100 Å². The van der Waals surface area contributed by atoms with E-state index in [0.717, 1.165) is 30.9 Å². The number of halogens is 2. The molecular weight excluding hydrogens is 220 g/mol. The van der Waals surface area contributed by atoms with Gasteiger partial charge in [-0.25, -0.2) is 8.78 Å². The van der Waals surface area contributed by atoms with E-state index in [2.05, 4.69) is 6.08 Å². The molecule has 0 heterocycles. The molecule has 0 aromatic heterocycles. The number of aryl methyl sites for hydroxylation is 1. The molecule has 1 aromatic rings. The van der Waals surface area contributed by atoms with Crippen molar-refractivity contribution in [3.63, 3.8) is 0 Å². The van der Waals surface area contributed by atoms with Gasteiger partial charge in [-0.3, -0.25) is 0 Å². The lowest BCUT2D eigenvalue weighted by Crippen LogP contribution is -2.17. The molecule has 0 aliphatic heterocycles. The van der Waals surface area contributed by atoms with Crippen LogP contribution in [0.5, 0.6) is 0 Å². The zero-order chi connectivity index (χ0) is 12.4. The van der Waals surface area contributed by atoms with E-state index in [0.29, 0.717) is 11.1 Å². The van der Waals surface area contributed by atoms with Crippen molar-refractivity contribution in [3.05, 3.63) is 46.5 Å². The van der Waals surface area contributed by atoms with Gasteiger partial charge in [-0.1, -0.05) is 11.6 Å². The van der Waals surface area contributed by atoms with Crippen LogP contribution >= 0.6 is 0 Å². The van der Waals surface area contributed by atoms with Crippen LogP contribution in [0.3, 0.4) is 0 Å². The third-order valence-electron chi connectivity index (χ3n) is 3.34. The van der Waals surface area contributed by atoms with Gasteiger partial charge in [-0.2, -0.15) is 0 Å². The van der Waals surface area contributed by atoms with E-state index in [4.69, 9.17) is 5.73 Å². The van der Waals surface area contributed by atoms with E-state index in [1.807, 2.05) is 0 Å². The highest BCUT2D eigenvalue weighted by atomic mass is 19.1. The minimum Gasteiger partial charge on any atom is -0.320 e. The Morgan fingerprint density at radius 1 is 1.18 bits per heavy atom. The zero-order valence-corrected chi connectivity index (χ0v) is 9.97. The molecule has 1 unspecified atom stereocenters. The average molecular weight is 237 g/mol. The second-order valence-electron chi connectivity index (χ2n) is 4.63. The number of allylic oxidation sites excluding steroid dienone is 1. The van der Waals surface area contributed by atoms with Gasteiger partial charge < -0.3 is 5.73 Å². The van der Waals surface area contributed by atoms with Gasteiger partial charge in [0.2, 0.25) is 0 Å². The van der Waals surface area contributed by atoms with E-state index in [-0.39, 0.29) is 0 Å². The standard InChI is InChI=1S/C14H17F2N/c1-9-7-11(13(16)8-12(9)15)14(17)10-5-3-2-4-6-10/h5,7-8,14H,2-4,6,17H2,1H3. The number of rotatable bonds is 2. The van der Waals surface area contributed by atoms with E-state index in [9.17, 15) is 8.78 Å². The summed E-state index contributed by atoms with van der Waals surface area (Å²) in [5, 5.41) is 0. The maximum Gasteiger partial charge on any atom is 0.131 e. The Hall–Kier alpha value is -1.22. The molecule has 0 radical (unpaired) electrons. The zero-order valence-electron chi connectivity index (χ0n) is 9.97. The molecular formula is C14H17F2N. The van der Waals surface area contributed by atoms with Crippen LogP contribution in [0, 0.1) is 18.6 Å². The summed E-state index contributed by atoms with van der Waals surface area (Å²) in [5.41, 5.74) is 7.97. The molecule has 2 N–H and O–H groups in total. The number of benzene rings is 1. The largest absolute Gasteiger partial charge is 0.320 e. The Balaban J connectivity index is 2.33. The highest BCUT2D eigenvalue weighted by Crippen LogP contribution is 2.30. The van der Waals surface area contributed by atoms with Gasteiger partial charge in [-0.05, 0) is 44.2 Å². The predicted octanol–water partition coefficient (Wildman–Crippen LogP) is 3.77. The van der Waals surface area contributed by atoms with Crippen molar-refractivity contribution in [2.75, 3.05) is 0 Å². The van der Waals surface area contributed by atoms with Crippen molar-refractivity contribution in [3.8, 4) is 0 Å². The first-order valence-electron chi connectivity index (χ1n) is 5.99. The molecule has 0 fully saturated rings. The summed E-state index contributed by atoms with van der Waals surface area (Å²) in [6.45, 7) is 1.63. The van der Waals surface area contributed by atoms with E-state index in [1.165, 1.54) is 12.5 Å². The van der Waals surface area contributed by atoms with Crippen molar-refractivity contribution in [1.82, 2.24) is 0 Å². The molecule has 1 atom stereocenters. The van der Waals surface area contributed by atoms with Gasteiger partial charge in [0.25, 0.3) is 0 Å². The summed E-state index contributed by atoms with van der Waals surface area (Å²) in [7, 11) is 0. The highest BCUT2D eigenvalue weighted by molar-refractivity contribution is 5.33. The molecule has 1 nitrogen and oxygen atoms in total. The highest BCUT2D eigenvalue weighted by Gasteiger charge is 2.18. The lowest BCUT2D eigenvalue weighted by Gasteiger charge is -2.20. The number of nitrogens with two attached hydrogens (primary N) is 1. The van der Waals surface area contributed by atoms with E-state index >= 15 is 0 Å². The lowest BCUT2D eigenvalue weighted by molar-refractivity contribution is 0.553.